The zero-order valence-corrected chi connectivity index (χ0v) is 15.5. The minimum absolute atomic E-state index is 0.0337. The van der Waals surface area contributed by atoms with Gasteiger partial charge in [-0.05, 0) is 6.42 Å². The fourth-order valence-electron chi connectivity index (χ4n) is 3.26. The minimum Gasteiger partial charge on any atom is -0.497 e. The number of nitrogens with one attached hydrogen (secondary N) is 1. The summed E-state index contributed by atoms with van der Waals surface area (Å²) in [5, 5.41) is 13.2. The van der Waals surface area contributed by atoms with Crippen molar-refractivity contribution in [3.05, 3.63) is 42.5 Å². The first-order valence-electron chi connectivity index (χ1n) is 8.75. The molecule has 3 rings (SSSR count). The third-order valence-electron chi connectivity index (χ3n) is 4.57. The van der Waals surface area contributed by atoms with Crippen molar-refractivity contribution in [3.63, 3.8) is 0 Å². The molecule has 0 spiro atoms. The number of carbonyl (C=O) groups is 1. The van der Waals surface area contributed by atoms with E-state index in [2.05, 4.69) is 15.3 Å². The Labute approximate surface area is 158 Å². The first-order chi connectivity index (χ1) is 13.1. The third-order valence-corrected chi connectivity index (χ3v) is 4.57. The first kappa shape index (κ1) is 19.1. The molecule has 0 unspecified atom stereocenters. The number of likely N-dealkylation sites (tertiary alicyclic amines) is 1. The molecule has 1 saturated heterocycles. The van der Waals surface area contributed by atoms with Crippen LogP contribution in [0.15, 0.2) is 36.8 Å². The number of aromatic nitrogens is 2. The lowest BCUT2D eigenvalue weighted by molar-refractivity contribution is -0.117. The largest absolute Gasteiger partial charge is 0.497 e. The Kier molecular flexibility index (Phi) is 6.20. The number of aliphatic hydroxyl groups is 1. The number of ether oxygens (including phenoxy) is 2. The van der Waals surface area contributed by atoms with Crippen molar-refractivity contribution in [2.24, 2.45) is 5.92 Å². The SMILES string of the molecule is COc1cc(NC(=O)CN2C[C@@H](Cc3cnccn3)[C@H](O)C2)cc(OC)c1. The van der Waals surface area contributed by atoms with E-state index in [1.807, 2.05) is 4.90 Å². The van der Waals surface area contributed by atoms with Crippen LogP contribution in [0.4, 0.5) is 5.69 Å². The smallest absolute Gasteiger partial charge is 0.238 e. The maximum atomic E-state index is 12.4. The molecular weight excluding hydrogens is 348 g/mol. The van der Waals surface area contributed by atoms with Crippen molar-refractivity contribution in [2.45, 2.75) is 12.5 Å². The van der Waals surface area contributed by atoms with Gasteiger partial charge in [-0.2, -0.15) is 0 Å². The summed E-state index contributed by atoms with van der Waals surface area (Å²) >= 11 is 0. The molecular formula is C19H24N4O4. The second-order valence-electron chi connectivity index (χ2n) is 6.57. The molecule has 2 heterocycles. The molecule has 1 aromatic heterocycles. The van der Waals surface area contributed by atoms with Gasteiger partial charge < -0.3 is 19.9 Å². The number of hydrogen-bond donors (Lipinski definition) is 2. The Morgan fingerprint density at radius 3 is 2.59 bits per heavy atom. The van der Waals surface area contributed by atoms with Crippen LogP contribution in [0.1, 0.15) is 5.69 Å². The number of β-amino-alcohol motifs (C(OH)–C–C–N with tert-alkyl or cyclic N) is 1. The van der Waals surface area contributed by atoms with Crippen LogP contribution in [0, 0.1) is 5.92 Å². The van der Waals surface area contributed by atoms with Gasteiger partial charge in [0.2, 0.25) is 5.91 Å². The minimum atomic E-state index is -0.489. The van der Waals surface area contributed by atoms with Crippen LogP contribution in [0.25, 0.3) is 0 Å². The second-order valence-corrected chi connectivity index (χ2v) is 6.57. The van der Waals surface area contributed by atoms with Crippen molar-refractivity contribution >= 4 is 11.6 Å². The molecule has 144 valence electrons. The number of carbonyl (C=O) groups excluding carboxylic acids is 1. The maximum Gasteiger partial charge on any atom is 0.238 e. The number of methoxy groups -OCH3 is 2. The van der Waals surface area contributed by atoms with Gasteiger partial charge in [0.25, 0.3) is 0 Å². The summed E-state index contributed by atoms with van der Waals surface area (Å²) in [5.41, 5.74) is 1.45. The van der Waals surface area contributed by atoms with Gasteiger partial charge in [-0.3, -0.25) is 19.7 Å². The molecule has 27 heavy (non-hydrogen) atoms. The molecule has 1 fully saturated rings. The molecule has 8 heteroatoms. The molecule has 1 aliphatic rings. The molecule has 0 saturated carbocycles. The van der Waals surface area contributed by atoms with E-state index in [1.165, 1.54) is 0 Å². The van der Waals surface area contributed by atoms with Crippen LogP contribution in [-0.2, 0) is 11.2 Å². The van der Waals surface area contributed by atoms with E-state index in [9.17, 15) is 9.90 Å². The Morgan fingerprint density at radius 2 is 1.96 bits per heavy atom. The van der Waals surface area contributed by atoms with Gasteiger partial charge in [-0.15, -0.1) is 0 Å². The molecule has 1 amide bonds. The summed E-state index contributed by atoms with van der Waals surface area (Å²) in [5.74, 6) is 1.08. The van der Waals surface area contributed by atoms with Crippen molar-refractivity contribution in [2.75, 3.05) is 39.2 Å². The van der Waals surface area contributed by atoms with E-state index in [1.54, 1.807) is 51.0 Å². The van der Waals surface area contributed by atoms with E-state index in [4.69, 9.17) is 9.47 Å². The summed E-state index contributed by atoms with van der Waals surface area (Å²) in [6, 6.07) is 5.20. The van der Waals surface area contributed by atoms with E-state index in [0.717, 1.165) is 5.69 Å². The third kappa shape index (κ3) is 5.15. The molecule has 8 nitrogen and oxygen atoms in total. The lowest BCUT2D eigenvalue weighted by atomic mass is 10.0. The Hall–Kier alpha value is -2.71. The van der Waals surface area contributed by atoms with Crippen LogP contribution in [-0.4, -0.2) is 65.8 Å². The van der Waals surface area contributed by atoms with Crippen LogP contribution in [0.2, 0.25) is 0 Å². The molecule has 2 N–H and O–H groups in total. The number of aliphatic hydroxyl groups excluding tert-OH is 1. The average Bonchev–Trinajstić information content (AvgIpc) is 3.00. The van der Waals surface area contributed by atoms with Crippen molar-refractivity contribution < 1.29 is 19.4 Å². The summed E-state index contributed by atoms with van der Waals surface area (Å²) < 4.78 is 10.4. The summed E-state index contributed by atoms with van der Waals surface area (Å²) in [6.07, 6.45) is 5.12. The fraction of sp³-hybridized carbons (Fsp3) is 0.421. The molecule has 0 radical (unpaired) electrons. The average molecular weight is 372 g/mol. The number of hydrogen-bond acceptors (Lipinski definition) is 7. The number of nitrogens with zero attached hydrogens (tertiary/aromatic N) is 3. The summed E-state index contributed by atoms with van der Waals surface area (Å²) in [6.45, 7) is 1.29. The van der Waals surface area contributed by atoms with Crippen molar-refractivity contribution in [3.8, 4) is 11.5 Å². The van der Waals surface area contributed by atoms with Gasteiger partial charge >= 0.3 is 0 Å². The fourth-order valence-corrected chi connectivity index (χ4v) is 3.26. The highest BCUT2D eigenvalue weighted by molar-refractivity contribution is 5.92. The number of anilines is 1. The van der Waals surface area contributed by atoms with Gasteiger partial charge in [0.05, 0.1) is 32.6 Å². The number of amides is 1. The van der Waals surface area contributed by atoms with E-state index in [-0.39, 0.29) is 18.4 Å². The molecule has 1 aliphatic heterocycles. The van der Waals surface area contributed by atoms with Crippen LogP contribution < -0.4 is 14.8 Å². The second kappa shape index (κ2) is 8.79. The molecule has 2 atom stereocenters. The highest BCUT2D eigenvalue weighted by atomic mass is 16.5. The Morgan fingerprint density at radius 1 is 1.22 bits per heavy atom. The van der Waals surface area contributed by atoms with Crippen molar-refractivity contribution in [1.82, 2.24) is 14.9 Å². The molecule has 0 bridgehead atoms. The number of rotatable bonds is 7. The summed E-state index contributed by atoms with van der Waals surface area (Å²) in [7, 11) is 3.12. The first-order valence-corrected chi connectivity index (χ1v) is 8.75. The monoisotopic (exact) mass is 372 g/mol. The zero-order chi connectivity index (χ0) is 19.2. The van der Waals surface area contributed by atoms with Gasteiger partial charge in [0.1, 0.15) is 11.5 Å². The topological polar surface area (TPSA) is 96.8 Å². The standard InChI is InChI=1S/C19H24N4O4/c1-26-16-6-14(7-17(8-16)27-2)22-19(25)12-23-10-13(18(24)11-23)5-15-9-20-3-4-21-15/h3-4,6-9,13,18,24H,5,10-12H2,1-2H3,(H,22,25)/t13-,18-/m1/s1. The van der Waals surface area contributed by atoms with Crippen LogP contribution in [0.3, 0.4) is 0 Å². The van der Waals surface area contributed by atoms with Gasteiger partial charge in [0.15, 0.2) is 0 Å². The van der Waals surface area contributed by atoms with Gasteiger partial charge in [-0.25, -0.2) is 0 Å². The lowest BCUT2D eigenvalue weighted by Crippen LogP contribution is -2.32. The van der Waals surface area contributed by atoms with Gasteiger partial charge in [0, 0.05) is 61.5 Å². The molecule has 2 aromatic rings. The van der Waals surface area contributed by atoms with Gasteiger partial charge in [-0.1, -0.05) is 0 Å². The lowest BCUT2D eigenvalue weighted by Gasteiger charge is -2.16. The highest BCUT2D eigenvalue weighted by Gasteiger charge is 2.32. The predicted octanol–water partition coefficient (Wildman–Crippen LogP) is 0.968. The zero-order valence-electron chi connectivity index (χ0n) is 15.5. The van der Waals surface area contributed by atoms with Crippen LogP contribution in [0.5, 0.6) is 11.5 Å². The van der Waals surface area contributed by atoms with E-state index < -0.39 is 6.10 Å². The maximum absolute atomic E-state index is 12.4. The van der Waals surface area contributed by atoms with Crippen molar-refractivity contribution in [1.29, 1.82) is 0 Å². The number of benzene rings is 1. The molecule has 0 aliphatic carbocycles. The van der Waals surface area contributed by atoms with Crippen LogP contribution >= 0.6 is 0 Å². The predicted molar refractivity (Wildman–Crippen MR) is 99.8 cm³/mol. The Balaban J connectivity index is 1.55. The highest BCUT2D eigenvalue weighted by Crippen LogP contribution is 2.26. The van der Waals surface area contributed by atoms with E-state index in [0.29, 0.717) is 36.7 Å². The Bertz CT molecular complexity index is 749. The normalized spacial score (nSPS) is 19.7. The summed E-state index contributed by atoms with van der Waals surface area (Å²) in [4.78, 5) is 22.7. The molecule has 1 aromatic carbocycles. The van der Waals surface area contributed by atoms with E-state index >= 15 is 0 Å². The quantitative estimate of drug-likeness (QED) is 0.747.